The van der Waals surface area contributed by atoms with Crippen LogP contribution in [0.3, 0.4) is 0 Å². The van der Waals surface area contributed by atoms with Crippen molar-refractivity contribution >= 4 is 29.4 Å². The van der Waals surface area contributed by atoms with Gasteiger partial charge in [0.1, 0.15) is 0 Å². The minimum atomic E-state index is -0.189. The Bertz CT molecular complexity index is 832. The molecular weight excluding hydrogens is 366 g/mol. The lowest BCUT2D eigenvalue weighted by molar-refractivity contribution is -0.130. The SMILES string of the molecule is CCOc1cc(/C=C/C(=O)c2ccccc2)cc(Cl)c1OCC(=O)N(C)C. The van der Waals surface area contributed by atoms with E-state index in [1.807, 2.05) is 25.1 Å². The van der Waals surface area contributed by atoms with E-state index in [0.29, 0.717) is 34.3 Å². The lowest BCUT2D eigenvalue weighted by atomic mass is 10.1. The van der Waals surface area contributed by atoms with Crippen LogP contribution in [0.1, 0.15) is 22.8 Å². The molecule has 0 fully saturated rings. The molecule has 0 unspecified atom stereocenters. The van der Waals surface area contributed by atoms with E-state index in [9.17, 15) is 9.59 Å². The molecule has 2 aromatic carbocycles. The van der Waals surface area contributed by atoms with E-state index in [1.165, 1.54) is 11.0 Å². The molecule has 6 heteroatoms. The summed E-state index contributed by atoms with van der Waals surface area (Å²) in [5.41, 5.74) is 1.30. The minimum absolute atomic E-state index is 0.110. The number of likely N-dealkylation sites (N-methyl/N-ethyl adjacent to an activating group) is 1. The predicted octanol–water partition coefficient (Wildman–Crippen LogP) is 4.10. The first-order valence-corrected chi connectivity index (χ1v) is 8.87. The number of carbonyl (C=O) groups is 2. The van der Waals surface area contributed by atoms with Crippen molar-refractivity contribution in [3.8, 4) is 11.5 Å². The van der Waals surface area contributed by atoms with Gasteiger partial charge in [0.2, 0.25) is 0 Å². The maximum absolute atomic E-state index is 12.2. The van der Waals surface area contributed by atoms with Crippen molar-refractivity contribution in [3.63, 3.8) is 0 Å². The summed E-state index contributed by atoms with van der Waals surface area (Å²) in [6, 6.07) is 12.4. The van der Waals surface area contributed by atoms with Gasteiger partial charge >= 0.3 is 0 Å². The number of amides is 1. The molecule has 0 bridgehead atoms. The fourth-order valence-electron chi connectivity index (χ4n) is 2.22. The van der Waals surface area contributed by atoms with Crippen molar-refractivity contribution in [1.82, 2.24) is 4.90 Å². The Morgan fingerprint density at radius 1 is 1.11 bits per heavy atom. The van der Waals surface area contributed by atoms with Crippen LogP contribution < -0.4 is 9.47 Å². The standard InChI is InChI=1S/C21H22ClNO4/c1-4-26-19-13-15(10-11-18(24)16-8-6-5-7-9-16)12-17(22)21(19)27-14-20(25)23(2)3/h5-13H,4,14H2,1-3H3/b11-10+. The monoisotopic (exact) mass is 387 g/mol. The molecule has 0 aliphatic rings. The molecule has 0 aromatic heterocycles. The van der Waals surface area contributed by atoms with Crippen LogP contribution >= 0.6 is 11.6 Å². The molecule has 0 N–H and O–H groups in total. The zero-order valence-electron chi connectivity index (χ0n) is 15.6. The molecule has 5 nitrogen and oxygen atoms in total. The van der Waals surface area contributed by atoms with Gasteiger partial charge in [0.25, 0.3) is 5.91 Å². The summed E-state index contributed by atoms with van der Waals surface area (Å²) < 4.78 is 11.1. The number of allylic oxidation sites excluding steroid dienone is 1. The number of halogens is 1. The smallest absolute Gasteiger partial charge is 0.259 e. The molecule has 27 heavy (non-hydrogen) atoms. The van der Waals surface area contributed by atoms with E-state index in [0.717, 1.165) is 0 Å². The van der Waals surface area contributed by atoms with E-state index < -0.39 is 0 Å². The van der Waals surface area contributed by atoms with Crippen LogP contribution in [0.5, 0.6) is 11.5 Å². The Hall–Kier alpha value is -2.79. The second-order valence-electron chi connectivity index (χ2n) is 5.90. The normalized spacial score (nSPS) is 10.7. The number of rotatable bonds is 8. The third-order valence-electron chi connectivity index (χ3n) is 3.66. The quantitative estimate of drug-likeness (QED) is 0.505. The molecule has 2 rings (SSSR count). The molecule has 0 spiro atoms. The molecule has 0 atom stereocenters. The fourth-order valence-corrected chi connectivity index (χ4v) is 2.49. The van der Waals surface area contributed by atoms with Crippen molar-refractivity contribution in [2.75, 3.05) is 27.3 Å². The van der Waals surface area contributed by atoms with Gasteiger partial charge in [0, 0.05) is 19.7 Å². The first-order chi connectivity index (χ1) is 12.9. The van der Waals surface area contributed by atoms with Crippen molar-refractivity contribution in [2.45, 2.75) is 6.92 Å². The van der Waals surface area contributed by atoms with Crippen molar-refractivity contribution in [3.05, 3.63) is 64.7 Å². The van der Waals surface area contributed by atoms with E-state index >= 15 is 0 Å². The van der Waals surface area contributed by atoms with Gasteiger partial charge in [-0.15, -0.1) is 0 Å². The van der Waals surface area contributed by atoms with Crippen LogP contribution in [0.2, 0.25) is 5.02 Å². The molecule has 0 saturated heterocycles. The number of hydrogen-bond donors (Lipinski definition) is 0. The highest BCUT2D eigenvalue weighted by molar-refractivity contribution is 6.32. The Kier molecular flexibility index (Phi) is 7.44. The molecule has 142 valence electrons. The van der Waals surface area contributed by atoms with Gasteiger partial charge in [-0.1, -0.05) is 48.0 Å². The molecule has 0 aliphatic heterocycles. The van der Waals surface area contributed by atoms with Gasteiger partial charge in [-0.05, 0) is 30.7 Å². The minimum Gasteiger partial charge on any atom is -0.490 e. The van der Waals surface area contributed by atoms with Crippen molar-refractivity contribution in [1.29, 1.82) is 0 Å². The van der Waals surface area contributed by atoms with Crippen LogP contribution in [0.4, 0.5) is 0 Å². The molecule has 2 aromatic rings. The van der Waals surface area contributed by atoms with Crippen LogP contribution in [0, 0.1) is 0 Å². The molecule has 0 heterocycles. The number of ether oxygens (including phenoxy) is 2. The van der Waals surface area contributed by atoms with Crippen LogP contribution in [0.15, 0.2) is 48.5 Å². The molecule has 1 amide bonds. The van der Waals surface area contributed by atoms with Gasteiger partial charge in [-0.25, -0.2) is 0 Å². The maximum atomic E-state index is 12.2. The average Bonchev–Trinajstić information content (AvgIpc) is 2.66. The van der Waals surface area contributed by atoms with Gasteiger partial charge in [-0.3, -0.25) is 9.59 Å². The van der Waals surface area contributed by atoms with Crippen LogP contribution in [-0.2, 0) is 4.79 Å². The maximum Gasteiger partial charge on any atom is 0.259 e. The summed E-state index contributed by atoms with van der Waals surface area (Å²) in [7, 11) is 3.29. The number of hydrogen-bond acceptors (Lipinski definition) is 4. The highest BCUT2D eigenvalue weighted by Gasteiger charge is 2.14. The highest BCUT2D eigenvalue weighted by Crippen LogP contribution is 2.37. The number of ketones is 1. The third kappa shape index (κ3) is 5.86. The van der Waals surface area contributed by atoms with Gasteiger partial charge in [0.15, 0.2) is 23.9 Å². The molecular formula is C21H22ClNO4. The van der Waals surface area contributed by atoms with Gasteiger partial charge in [-0.2, -0.15) is 0 Å². The summed E-state index contributed by atoms with van der Waals surface area (Å²) >= 11 is 6.32. The molecule has 0 aliphatic carbocycles. The lowest BCUT2D eigenvalue weighted by Gasteiger charge is -2.16. The Balaban J connectivity index is 2.22. The zero-order chi connectivity index (χ0) is 19.8. The van der Waals surface area contributed by atoms with E-state index in [1.54, 1.807) is 44.4 Å². The summed E-state index contributed by atoms with van der Waals surface area (Å²) in [6.07, 6.45) is 3.14. The summed E-state index contributed by atoms with van der Waals surface area (Å²) in [6.45, 7) is 2.10. The van der Waals surface area contributed by atoms with Crippen LogP contribution in [-0.4, -0.2) is 43.9 Å². The Morgan fingerprint density at radius 3 is 2.44 bits per heavy atom. The van der Waals surface area contributed by atoms with Gasteiger partial charge in [0.05, 0.1) is 11.6 Å². The third-order valence-corrected chi connectivity index (χ3v) is 3.94. The summed E-state index contributed by atoms with van der Waals surface area (Å²) in [5.74, 6) is 0.427. The highest BCUT2D eigenvalue weighted by atomic mass is 35.5. The van der Waals surface area contributed by atoms with Crippen LogP contribution in [0.25, 0.3) is 6.08 Å². The molecule has 0 radical (unpaired) electrons. The number of nitrogens with zero attached hydrogens (tertiary/aromatic N) is 1. The van der Waals surface area contributed by atoms with Crippen molar-refractivity contribution < 1.29 is 19.1 Å². The fraction of sp³-hybridized carbons (Fsp3) is 0.238. The summed E-state index contributed by atoms with van der Waals surface area (Å²) in [4.78, 5) is 25.4. The second kappa shape index (κ2) is 9.78. The second-order valence-corrected chi connectivity index (χ2v) is 6.31. The van der Waals surface area contributed by atoms with E-state index in [2.05, 4.69) is 0 Å². The zero-order valence-corrected chi connectivity index (χ0v) is 16.3. The summed E-state index contributed by atoms with van der Waals surface area (Å²) in [5, 5.41) is 0.305. The Morgan fingerprint density at radius 2 is 1.81 bits per heavy atom. The van der Waals surface area contributed by atoms with E-state index in [-0.39, 0.29) is 18.3 Å². The van der Waals surface area contributed by atoms with E-state index in [4.69, 9.17) is 21.1 Å². The largest absolute Gasteiger partial charge is 0.490 e. The van der Waals surface area contributed by atoms with Crippen molar-refractivity contribution in [2.24, 2.45) is 0 Å². The topological polar surface area (TPSA) is 55.8 Å². The lowest BCUT2D eigenvalue weighted by Crippen LogP contribution is -2.27. The number of benzene rings is 2. The molecule has 0 saturated carbocycles. The number of carbonyl (C=O) groups excluding carboxylic acids is 2. The Labute approximate surface area is 164 Å². The van der Waals surface area contributed by atoms with Gasteiger partial charge < -0.3 is 14.4 Å². The first kappa shape index (κ1) is 20.5. The first-order valence-electron chi connectivity index (χ1n) is 8.49. The predicted molar refractivity (Wildman–Crippen MR) is 107 cm³/mol. The average molecular weight is 388 g/mol.